The SMILES string of the molecule is C=C/C=C(\C=C/C)N1CCC2(CCN(C(=O)CCC(NC(=O)OCCCC)C(=O)O)C2)CC1. The highest BCUT2D eigenvalue weighted by Crippen LogP contribution is 2.41. The number of carboxylic acid groups (broad SMARTS) is 1. The number of carbonyl (C=O) groups is 3. The highest BCUT2D eigenvalue weighted by molar-refractivity contribution is 5.82. The summed E-state index contributed by atoms with van der Waals surface area (Å²) in [6.07, 6.45) is 11.9. The van der Waals surface area contributed by atoms with Crippen LogP contribution in [0.2, 0.25) is 0 Å². The van der Waals surface area contributed by atoms with Crippen molar-refractivity contribution in [3.05, 3.63) is 36.6 Å². The van der Waals surface area contributed by atoms with E-state index in [2.05, 4.69) is 22.9 Å². The fraction of sp³-hybridized carbons (Fsp3) is 0.640. The molecule has 2 aliphatic rings. The van der Waals surface area contributed by atoms with E-state index in [-0.39, 0.29) is 30.8 Å². The van der Waals surface area contributed by atoms with Crippen LogP contribution in [0, 0.1) is 5.41 Å². The number of nitrogens with zero attached hydrogens (tertiary/aromatic N) is 2. The zero-order valence-corrected chi connectivity index (χ0v) is 20.1. The van der Waals surface area contributed by atoms with Gasteiger partial charge in [-0.2, -0.15) is 0 Å². The van der Waals surface area contributed by atoms with Crippen molar-refractivity contribution in [2.45, 2.75) is 64.8 Å². The number of hydrogen-bond acceptors (Lipinski definition) is 5. The highest BCUT2D eigenvalue weighted by atomic mass is 16.5. The second kappa shape index (κ2) is 13.1. The van der Waals surface area contributed by atoms with Crippen molar-refractivity contribution in [1.82, 2.24) is 15.1 Å². The molecule has 0 aliphatic carbocycles. The Balaban J connectivity index is 1.82. The predicted octanol–water partition coefficient (Wildman–Crippen LogP) is 3.71. The van der Waals surface area contributed by atoms with Crippen molar-refractivity contribution >= 4 is 18.0 Å². The molecule has 33 heavy (non-hydrogen) atoms. The van der Waals surface area contributed by atoms with Crippen LogP contribution in [0.25, 0.3) is 0 Å². The summed E-state index contributed by atoms with van der Waals surface area (Å²) in [5.41, 5.74) is 1.29. The average Bonchev–Trinajstić information content (AvgIpc) is 3.20. The highest BCUT2D eigenvalue weighted by Gasteiger charge is 2.42. The molecule has 2 rings (SSSR count). The van der Waals surface area contributed by atoms with Gasteiger partial charge in [-0.3, -0.25) is 4.79 Å². The summed E-state index contributed by atoms with van der Waals surface area (Å²) in [6, 6.07) is -1.13. The van der Waals surface area contributed by atoms with E-state index in [0.29, 0.717) is 13.1 Å². The van der Waals surface area contributed by atoms with Gasteiger partial charge in [0.05, 0.1) is 6.61 Å². The van der Waals surface area contributed by atoms with Gasteiger partial charge in [0.2, 0.25) is 5.91 Å². The molecular formula is C25H39N3O5. The predicted molar refractivity (Wildman–Crippen MR) is 128 cm³/mol. The molecule has 2 amide bonds. The fourth-order valence-corrected chi connectivity index (χ4v) is 4.53. The van der Waals surface area contributed by atoms with E-state index < -0.39 is 18.1 Å². The third kappa shape index (κ3) is 7.94. The Bertz CT molecular complexity index is 753. The van der Waals surface area contributed by atoms with Crippen LogP contribution >= 0.6 is 0 Å². The average molecular weight is 462 g/mol. The second-order valence-corrected chi connectivity index (χ2v) is 8.94. The zero-order valence-electron chi connectivity index (χ0n) is 20.1. The monoisotopic (exact) mass is 461 g/mol. The van der Waals surface area contributed by atoms with Gasteiger partial charge in [0.25, 0.3) is 0 Å². The number of piperidine rings is 1. The third-order valence-electron chi connectivity index (χ3n) is 6.57. The van der Waals surface area contributed by atoms with Crippen molar-refractivity contribution in [3.63, 3.8) is 0 Å². The van der Waals surface area contributed by atoms with Gasteiger partial charge in [-0.1, -0.05) is 32.1 Å². The zero-order chi connectivity index (χ0) is 24.3. The van der Waals surface area contributed by atoms with E-state index in [1.807, 2.05) is 30.9 Å². The first-order valence-electron chi connectivity index (χ1n) is 12.0. The number of likely N-dealkylation sites (tertiary alicyclic amines) is 2. The van der Waals surface area contributed by atoms with Gasteiger partial charge in [0, 0.05) is 38.3 Å². The van der Waals surface area contributed by atoms with Crippen LogP contribution in [0.4, 0.5) is 4.79 Å². The Morgan fingerprint density at radius 2 is 1.85 bits per heavy atom. The molecule has 184 valence electrons. The molecule has 8 heteroatoms. The maximum atomic E-state index is 12.8. The van der Waals surface area contributed by atoms with Gasteiger partial charge in [-0.25, -0.2) is 9.59 Å². The Kier molecular flexibility index (Phi) is 10.5. The summed E-state index contributed by atoms with van der Waals surface area (Å²) < 4.78 is 4.97. The van der Waals surface area contributed by atoms with E-state index in [4.69, 9.17) is 4.74 Å². The molecule has 0 bridgehead atoms. The van der Waals surface area contributed by atoms with Crippen molar-refractivity contribution in [2.24, 2.45) is 5.41 Å². The smallest absolute Gasteiger partial charge is 0.407 e. The van der Waals surface area contributed by atoms with E-state index >= 15 is 0 Å². The van der Waals surface area contributed by atoms with E-state index in [1.54, 1.807) is 6.08 Å². The lowest BCUT2D eigenvalue weighted by Gasteiger charge is -2.40. The lowest BCUT2D eigenvalue weighted by atomic mass is 9.77. The first kappa shape index (κ1) is 26.5. The summed E-state index contributed by atoms with van der Waals surface area (Å²) in [6.45, 7) is 11.3. The normalized spacial score (nSPS) is 19.0. The molecular weight excluding hydrogens is 422 g/mol. The van der Waals surface area contributed by atoms with Crippen LogP contribution in [0.1, 0.15) is 58.8 Å². The van der Waals surface area contributed by atoms with E-state index in [0.717, 1.165) is 50.9 Å². The molecule has 2 fully saturated rings. The summed E-state index contributed by atoms with van der Waals surface area (Å²) in [4.78, 5) is 40.3. The number of alkyl carbamates (subject to hydrolysis) is 1. The molecule has 1 atom stereocenters. The van der Waals surface area contributed by atoms with Gasteiger partial charge < -0.3 is 25.0 Å². The lowest BCUT2D eigenvalue weighted by molar-refractivity contribution is -0.139. The number of nitrogens with one attached hydrogen (secondary N) is 1. The fourth-order valence-electron chi connectivity index (χ4n) is 4.53. The molecule has 0 aromatic carbocycles. The van der Waals surface area contributed by atoms with E-state index in [1.165, 1.54) is 0 Å². The van der Waals surface area contributed by atoms with Crippen LogP contribution in [0.3, 0.4) is 0 Å². The number of carbonyl (C=O) groups excluding carboxylic acids is 2. The van der Waals surface area contributed by atoms with Crippen molar-refractivity contribution < 1.29 is 24.2 Å². The Morgan fingerprint density at radius 3 is 2.42 bits per heavy atom. The summed E-state index contributed by atoms with van der Waals surface area (Å²) in [7, 11) is 0. The van der Waals surface area contributed by atoms with Crippen molar-refractivity contribution in [2.75, 3.05) is 32.8 Å². The maximum Gasteiger partial charge on any atom is 0.407 e. The number of allylic oxidation sites excluding steroid dienone is 4. The Morgan fingerprint density at radius 1 is 1.18 bits per heavy atom. The standard InChI is InChI=1S/C25H39N3O5/c1-4-7-18-33-24(32)26-21(23(30)31)10-11-22(29)28-17-14-25(19-28)12-15-27(16-13-25)20(8-5-2)9-6-3/h5-6,8-9,21H,2,4,7,10-19H2,1,3H3,(H,26,32)(H,30,31)/b9-6-,20-8+. The third-order valence-corrected chi connectivity index (χ3v) is 6.57. The van der Waals surface area contributed by atoms with Gasteiger partial charge in [0.1, 0.15) is 6.04 Å². The maximum absolute atomic E-state index is 12.8. The largest absolute Gasteiger partial charge is 0.480 e. The molecule has 1 spiro atoms. The number of carboxylic acids is 1. The molecule has 1 unspecified atom stereocenters. The molecule has 8 nitrogen and oxygen atoms in total. The molecule has 0 radical (unpaired) electrons. The van der Waals surface area contributed by atoms with Gasteiger partial charge in [-0.15, -0.1) is 0 Å². The molecule has 2 heterocycles. The molecule has 2 saturated heterocycles. The van der Waals surface area contributed by atoms with Gasteiger partial charge in [-0.05, 0) is 56.6 Å². The minimum Gasteiger partial charge on any atom is -0.480 e. The summed E-state index contributed by atoms with van der Waals surface area (Å²) in [5, 5.41) is 11.8. The van der Waals surface area contributed by atoms with E-state index in [9.17, 15) is 19.5 Å². The second-order valence-electron chi connectivity index (χ2n) is 8.94. The summed E-state index contributed by atoms with van der Waals surface area (Å²) in [5.74, 6) is -1.21. The van der Waals surface area contributed by atoms with Crippen molar-refractivity contribution in [3.8, 4) is 0 Å². The number of ether oxygens (including phenoxy) is 1. The number of amides is 2. The first-order chi connectivity index (χ1) is 15.8. The van der Waals surface area contributed by atoms with Crippen LogP contribution in [-0.4, -0.2) is 71.7 Å². The van der Waals surface area contributed by atoms with Crippen LogP contribution in [0.5, 0.6) is 0 Å². The molecule has 0 aromatic heterocycles. The molecule has 0 saturated carbocycles. The number of unbranched alkanes of at least 4 members (excludes halogenated alkanes) is 1. The molecule has 2 N–H and O–H groups in total. The van der Waals surface area contributed by atoms with Gasteiger partial charge >= 0.3 is 12.1 Å². The number of aliphatic carboxylic acids is 1. The lowest BCUT2D eigenvalue weighted by Crippen LogP contribution is -2.43. The number of hydrogen-bond donors (Lipinski definition) is 2. The topological polar surface area (TPSA) is 99.2 Å². The van der Waals surface area contributed by atoms with Crippen LogP contribution < -0.4 is 5.32 Å². The Labute approximate surface area is 197 Å². The minimum absolute atomic E-state index is 0.0490. The van der Waals surface area contributed by atoms with Crippen LogP contribution in [0.15, 0.2) is 36.6 Å². The Hall–Kier alpha value is -2.77. The van der Waals surface area contributed by atoms with Crippen LogP contribution in [-0.2, 0) is 14.3 Å². The quantitative estimate of drug-likeness (QED) is 0.360. The summed E-state index contributed by atoms with van der Waals surface area (Å²) >= 11 is 0. The molecule has 0 aromatic rings. The van der Waals surface area contributed by atoms with Crippen molar-refractivity contribution in [1.29, 1.82) is 0 Å². The number of rotatable bonds is 11. The first-order valence-corrected chi connectivity index (χ1v) is 12.0. The van der Waals surface area contributed by atoms with Gasteiger partial charge in [0.15, 0.2) is 0 Å². The molecule has 2 aliphatic heterocycles. The minimum atomic E-state index is -1.16.